The fourth-order valence-corrected chi connectivity index (χ4v) is 3.57. The molecule has 0 bridgehead atoms. The predicted octanol–water partition coefficient (Wildman–Crippen LogP) is 0.0314. The molecule has 3 N–H and O–H groups in total. The molecule has 1 heterocycles. The van der Waals surface area contributed by atoms with E-state index in [9.17, 15) is 8.42 Å². The van der Waals surface area contributed by atoms with Crippen molar-refractivity contribution in [1.29, 1.82) is 0 Å². The van der Waals surface area contributed by atoms with Crippen LogP contribution in [0, 0.1) is 5.92 Å². The van der Waals surface area contributed by atoms with Gasteiger partial charge >= 0.3 is 0 Å². The monoisotopic (exact) mass is 278 g/mol. The van der Waals surface area contributed by atoms with E-state index in [1.807, 2.05) is 0 Å². The van der Waals surface area contributed by atoms with Gasteiger partial charge in [0, 0.05) is 19.6 Å². The van der Waals surface area contributed by atoms with Crippen molar-refractivity contribution in [2.45, 2.75) is 26.7 Å². The molecule has 18 heavy (non-hydrogen) atoms. The molecule has 0 aromatic heterocycles. The molecule has 0 spiro atoms. The van der Waals surface area contributed by atoms with Crippen LogP contribution in [0.25, 0.3) is 0 Å². The number of hydrogen-bond acceptors (Lipinski definition) is 4. The summed E-state index contributed by atoms with van der Waals surface area (Å²) >= 11 is 0. The van der Waals surface area contributed by atoms with Crippen molar-refractivity contribution in [2.75, 3.05) is 26.2 Å². The zero-order valence-corrected chi connectivity index (χ0v) is 11.7. The first-order valence-corrected chi connectivity index (χ1v) is 7.53. The Kier molecular flexibility index (Phi) is 5.36. The molecule has 0 aliphatic carbocycles. The minimum atomic E-state index is -3.51. The van der Waals surface area contributed by atoms with Crippen molar-refractivity contribution in [3.63, 3.8) is 0 Å². The topological polar surface area (TPSA) is 99.2 Å². The van der Waals surface area contributed by atoms with Crippen molar-refractivity contribution in [2.24, 2.45) is 16.8 Å². The molecule has 8 heteroatoms. The quantitative estimate of drug-likeness (QED) is 0.321. The molecule has 7 nitrogen and oxygen atoms in total. The lowest BCUT2D eigenvalue weighted by atomic mass is 10.0. The lowest BCUT2D eigenvalue weighted by Gasteiger charge is -2.33. The second kappa shape index (κ2) is 6.35. The van der Waals surface area contributed by atoms with E-state index in [2.05, 4.69) is 12.1 Å². The molecule has 1 fully saturated rings. The molecular weight excluding hydrogens is 256 g/mol. The van der Waals surface area contributed by atoms with Crippen LogP contribution in [0.15, 0.2) is 5.16 Å². The lowest BCUT2D eigenvalue weighted by Crippen LogP contribution is -2.49. The highest BCUT2D eigenvalue weighted by Crippen LogP contribution is 2.20. The first-order valence-electron chi connectivity index (χ1n) is 6.13. The maximum absolute atomic E-state index is 12.3. The zero-order chi connectivity index (χ0) is 13.8. The summed E-state index contributed by atoms with van der Waals surface area (Å²) in [6.45, 7) is 5.14. The Morgan fingerprint density at radius 2 is 2.06 bits per heavy atom. The van der Waals surface area contributed by atoms with Gasteiger partial charge in [-0.15, -0.1) is 0 Å². The van der Waals surface area contributed by atoms with Crippen LogP contribution in [0.2, 0.25) is 0 Å². The third kappa shape index (κ3) is 3.56. The van der Waals surface area contributed by atoms with Gasteiger partial charge in [-0.3, -0.25) is 0 Å². The van der Waals surface area contributed by atoms with E-state index >= 15 is 0 Å². The van der Waals surface area contributed by atoms with Gasteiger partial charge in [0.2, 0.25) is 0 Å². The Morgan fingerprint density at radius 1 is 1.50 bits per heavy atom. The maximum Gasteiger partial charge on any atom is 0.282 e. The summed E-state index contributed by atoms with van der Waals surface area (Å²) in [5.74, 6) is 0.460. The second-order valence-electron chi connectivity index (χ2n) is 4.61. The number of amidine groups is 1. The summed E-state index contributed by atoms with van der Waals surface area (Å²) in [6.07, 6.45) is 1.75. The van der Waals surface area contributed by atoms with Crippen LogP contribution in [0.1, 0.15) is 26.7 Å². The van der Waals surface area contributed by atoms with Gasteiger partial charge in [-0.25, -0.2) is 0 Å². The summed E-state index contributed by atoms with van der Waals surface area (Å²) in [5, 5.41) is 11.3. The number of rotatable bonds is 5. The minimum absolute atomic E-state index is 0.0820. The molecule has 0 aromatic carbocycles. The highest BCUT2D eigenvalue weighted by atomic mass is 32.2. The van der Waals surface area contributed by atoms with Crippen molar-refractivity contribution >= 4 is 16.0 Å². The molecule has 1 aliphatic heterocycles. The Balaban J connectivity index is 2.76. The number of nitrogens with zero attached hydrogens (tertiary/aromatic N) is 3. The predicted molar refractivity (Wildman–Crippen MR) is 69.5 cm³/mol. The molecule has 106 valence electrons. The minimum Gasteiger partial charge on any atom is -0.409 e. The molecule has 0 amide bonds. The van der Waals surface area contributed by atoms with Gasteiger partial charge in [-0.1, -0.05) is 19.0 Å². The Labute approximate surface area is 108 Å². The highest BCUT2D eigenvalue weighted by molar-refractivity contribution is 7.86. The summed E-state index contributed by atoms with van der Waals surface area (Å²) in [4.78, 5) is 0. The first-order chi connectivity index (χ1) is 8.41. The van der Waals surface area contributed by atoms with Gasteiger partial charge in [-0.05, 0) is 18.8 Å². The molecule has 0 atom stereocenters. The number of oxime groups is 1. The summed E-state index contributed by atoms with van der Waals surface area (Å²) in [5.41, 5.74) is 5.37. The third-order valence-corrected chi connectivity index (χ3v) is 5.27. The van der Waals surface area contributed by atoms with Gasteiger partial charge < -0.3 is 10.9 Å². The Morgan fingerprint density at radius 3 is 2.50 bits per heavy atom. The van der Waals surface area contributed by atoms with E-state index in [-0.39, 0.29) is 12.4 Å². The van der Waals surface area contributed by atoms with Gasteiger partial charge in [0.05, 0.1) is 6.54 Å². The van der Waals surface area contributed by atoms with Crippen LogP contribution in [0.3, 0.4) is 0 Å². The lowest BCUT2D eigenvalue weighted by molar-refractivity contribution is 0.268. The molecule has 0 saturated carbocycles. The molecule has 1 rings (SSSR count). The molecule has 0 unspecified atom stereocenters. The summed E-state index contributed by atoms with van der Waals surface area (Å²) < 4.78 is 27.4. The van der Waals surface area contributed by atoms with Crippen LogP contribution < -0.4 is 5.73 Å². The van der Waals surface area contributed by atoms with E-state index in [4.69, 9.17) is 10.9 Å². The van der Waals surface area contributed by atoms with Crippen molar-refractivity contribution < 1.29 is 13.6 Å². The van der Waals surface area contributed by atoms with Crippen LogP contribution in [-0.4, -0.2) is 54.3 Å². The summed E-state index contributed by atoms with van der Waals surface area (Å²) in [7, 11) is -3.51. The number of hydrogen-bond donors (Lipinski definition) is 2. The van der Waals surface area contributed by atoms with E-state index in [0.717, 1.165) is 12.8 Å². The maximum atomic E-state index is 12.3. The molecule has 0 aromatic rings. The van der Waals surface area contributed by atoms with Gasteiger partial charge in [-0.2, -0.15) is 17.0 Å². The largest absolute Gasteiger partial charge is 0.409 e. The average Bonchev–Trinajstić information content (AvgIpc) is 2.35. The Hall–Kier alpha value is -0.860. The molecular formula is C10H22N4O3S. The van der Waals surface area contributed by atoms with Gasteiger partial charge in [0.25, 0.3) is 10.2 Å². The normalized spacial score (nSPS) is 20.5. The number of piperidine rings is 1. The first kappa shape index (κ1) is 15.2. The standard InChI is InChI=1S/C10H22N4O3S/c1-3-13(8-10(11)12-15)18(16,17)14-6-4-9(2)5-7-14/h9,15H,3-8H2,1-2H3,(H2,11,12). The smallest absolute Gasteiger partial charge is 0.282 e. The van der Waals surface area contributed by atoms with E-state index in [1.54, 1.807) is 6.92 Å². The SMILES string of the molecule is CCN(CC(N)=NO)S(=O)(=O)N1CCC(C)CC1. The van der Waals surface area contributed by atoms with E-state index in [0.29, 0.717) is 25.6 Å². The van der Waals surface area contributed by atoms with Gasteiger partial charge in [0.1, 0.15) is 0 Å². The fourth-order valence-electron chi connectivity index (χ4n) is 1.95. The van der Waals surface area contributed by atoms with Crippen molar-refractivity contribution in [3.8, 4) is 0 Å². The number of nitrogens with two attached hydrogens (primary N) is 1. The van der Waals surface area contributed by atoms with E-state index < -0.39 is 10.2 Å². The average molecular weight is 278 g/mol. The van der Waals surface area contributed by atoms with E-state index in [1.165, 1.54) is 8.61 Å². The van der Waals surface area contributed by atoms with Gasteiger partial charge in [0.15, 0.2) is 5.84 Å². The summed E-state index contributed by atoms with van der Waals surface area (Å²) in [6, 6.07) is 0. The van der Waals surface area contributed by atoms with Crippen LogP contribution in [-0.2, 0) is 10.2 Å². The third-order valence-electron chi connectivity index (χ3n) is 3.21. The molecule has 1 saturated heterocycles. The highest BCUT2D eigenvalue weighted by Gasteiger charge is 2.31. The molecule has 1 aliphatic rings. The van der Waals surface area contributed by atoms with Crippen LogP contribution in [0.5, 0.6) is 0 Å². The Bertz CT molecular complexity index is 388. The molecule has 0 radical (unpaired) electrons. The fraction of sp³-hybridized carbons (Fsp3) is 0.900. The second-order valence-corrected chi connectivity index (χ2v) is 6.54. The zero-order valence-electron chi connectivity index (χ0n) is 10.9. The van der Waals surface area contributed by atoms with Crippen molar-refractivity contribution in [3.05, 3.63) is 0 Å². The van der Waals surface area contributed by atoms with Crippen LogP contribution in [0.4, 0.5) is 0 Å². The van der Waals surface area contributed by atoms with Crippen molar-refractivity contribution in [1.82, 2.24) is 8.61 Å². The van der Waals surface area contributed by atoms with Crippen LogP contribution >= 0.6 is 0 Å². The number of likely N-dealkylation sites (N-methyl/N-ethyl adjacent to an activating group) is 1.